The van der Waals surface area contributed by atoms with Crippen LogP contribution in [0.25, 0.3) is 0 Å². The van der Waals surface area contributed by atoms with E-state index in [9.17, 15) is 0 Å². The Bertz CT molecular complexity index is 573. The van der Waals surface area contributed by atoms with Gasteiger partial charge in [0.05, 0.1) is 0 Å². The Balaban J connectivity index is 2.13. The highest BCUT2D eigenvalue weighted by atomic mass is 16.5. The van der Waals surface area contributed by atoms with Crippen molar-refractivity contribution in [3.05, 3.63) is 41.1 Å². The van der Waals surface area contributed by atoms with Crippen LogP contribution < -0.4 is 10.5 Å². The van der Waals surface area contributed by atoms with Gasteiger partial charge in [-0.2, -0.15) is 5.10 Å². The predicted octanol–water partition coefficient (Wildman–Crippen LogP) is 3.24. The van der Waals surface area contributed by atoms with Crippen molar-refractivity contribution in [1.29, 1.82) is 0 Å². The van der Waals surface area contributed by atoms with Crippen molar-refractivity contribution in [2.24, 2.45) is 0 Å². The normalized spacial score (nSPS) is 11.0. The monoisotopic (exact) mass is 259 g/mol. The highest BCUT2D eigenvalue weighted by Crippen LogP contribution is 2.23. The molecule has 1 heterocycles. The largest absolute Gasteiger partial charge is 0.471 e. The summed E-state index contributed by atoms with van der Waals surface area (Å²) in [5.41, 5.74) is 9.13. The Morgan fingerprint density at radius 3 is 2.53 bits per heavy atom. The van der Waals surface area contributed by atoms with Crippen LogP contribution in [0, 0.1) is 13.8 Å². The van der Waals surface area contributed by atoms with Crippen molar-refractivity contribution in [1.82, 2.24) is 9.78 Å². The fraction of sp³-hybridized carbons (Fsp3) is 0.400. The number of hydrogen-bond donors (Lipinski definition) is 1. The number of benzene rings is 1. The van der Waals surface area contributed by atoms with Gasteiger partial charge in [0.15, 0.2) is 6.73 Å². The molecule has 1 aromatic heterocycles. The zero-order chi connectivity index (χ0) is 14.0. The number of anilines is 1. The van der Waals surface area contributed by atoms with Crippen LogP contribution in [0.15, 0.2) is 24.3 Å². The van der Waals surface area contributed by atoms with Crippen LogP contribution in [0.5, 0.6) is 5.75 Å². The van der Waals surface area contributed by atoms with Crippen molar-refractivity contribution in [2.45, 2.75) is 40.3 Å². The maximum atomic E-state index is 5.80. The number of rotatable bonds is 4. The number of hydrogen-bond acceptors (Lipinski definition) is 3. The molecular weight excluding hydrogens is 238 g/mol. The summed E-state index contributed by atoms with van der Waals surface area (Å²) in [6.45, 7) is 8.77. The smallest absolute Gasteiger partial charge is 0.181 e. The van der Waals surface area contributed by atoms with E-state index in [1.54, 1.807) is 4.68 Å². The molecule has 0 radical (unpaired) electrons. The van der Waals surface area contributed by atoms with E-state index in [2.05, 4.69) is 38.0 Å². The van der Waals surface area contributed by atoms with E-state index in [0.717, 1.165) is 11.4 Å². The first kappa shape index (κ1) is 13.5. The van der Waals surface area contributed by atoms with Crippen molar-refractivity contribution in [3.63, 3.8) is 0 Å². The fourth-order valence-corrected chi connectivity index (χ4v) is 2.00. The zero-order valence-corrected chi connectivity index (χ0v) is 12.0. The van der Waals surface area contributed by atoms with Crippen molar-refractivity contribution in [2.75, 3.05) is 5.73 Å². The summed E-state index contributed by atoms with van der Waals surface area (Å²) in [5, 5.41) is 4.17. The Hall–Kier alpha value is -1.97. The van der Waals surface area contributed by atoms with Crippen LogP contribution in [0.1, 0.15) is 36.6 Å². The van der Waals surface area contributed by atoms with Gasteiger partial charge in [-0.1, -0.05) is 19.9 Å². The molecule has 0 unspecified atom stereocenters. The second kappa shape index (κ2) is 5.34. The molecule has 1 aromatic carbocycles. The summed E-state index contributed by atoms with van der Waals surface area (Å²) >= 11 is 0. The fourth-order valence-electron chi connectivity index (χ4n) is 2.00. The number of aromatic nitrogens is 2. The van der Waals surface area contributed by atoms with Gasteiger partial charge in [0.1, 0.15) is 11.6 Å². The summed E-state index contributed by atoms with van der Waals surface area (Å²) < 4.78 is 7.56. The first-order valence-electron chi connectivity index (χ1n) is 6.50. The lowest BCUT2D eigenvalue weighted by Gasteiger charge is -2.12. The van der Waals surface area contributed by atoms with Gasteiger partial charge in [-0.05, 0) is 43.0 Å². The Kier molecular flexibility index (Phi) is 3.79. The van der Waals surface area contributed by atoms with Crippen LogP contribution in [0.2, 0.25) is 0 Å². The molecule has 0 aliphatic carbocycles. The molecular formula is C15H21N3O. The molecule has 0 spiro atoms. The molecule has 0 fully saturated rings. The molecule has 102 valence electrons. The topological polar surface area (TPSA) is 53.1 Å². The van der Waals surface area contributed by atoms with E-state index >= 15 is 0 Å². The predicted molar refractivity (Wildman–Crippen MR) is 77.3 cm³/mol. The number of aryl methyl sites for hydroxylation is 2. The number of nitrogens with two attached hydrogens (primary N) is 1. The van der Waals surface area contributed by atoms with E-state index in [1.165, 1.54) is 11.1 Å². The van der Waals surface area contributed by atoms with E-state index in [0.29, 0.717) is 18.5 Å². The van der Waals surface area contributed by atoms with Gasteiger partial charge in [0.2, 0.25) is 0 Å². The van der Waals surface area contributed by atoms with Crippen LogP contribution in [0.3, 0.4) is 0 Å². The highest BCUT2D eigenvalue weighted by molar-refractivity contribution is 5.35. The second-order valence-electron chi connectivity index (χ2n) is 5.22. The lowest BCUT2D eigenvalue weighted by atomic mass is 10.0. The maximum Gasteiger partial charge on any atom is 0.181 e. The molecule has 0 aliphatic heterocycles. The minimum atomic E-state index is 0.379. The second-order valence-corrected chi connectivity index (χ2v) is 5.22. The molecule has 19 heavy (non-hydrogen) atoms. The highest BCUT2D eigenvalue weighted by Gasteiger charge is 2.05. The standard InChI is InChI=1S/C15H21N3O/c1-10(2)13-5-11(3)6-14(8-13)19-9-18-12(4)7-15(16)17-18/h5-8,10H,9H2,1-4H3,(H2,16,17). The van der Waals surface area contributed by atoms with E-state index in [4.69, 9.17) is 10.5 Å². The van der Waals surface area contributed by atoms with E-state index < -0.39 is 0 Å². The molecule has 0 aliphatic rings. The van der Waals surface area contributed by atoms with Crippen molar-refractivity contribution < 1.29 is 4.74 Å². The average Bonchev–Trinajstić information content (AvgIpc) is 2.64. The summed E-state index contributed by atoms with van der Waals surface area (Å²) in [6.07, 6.45) is 0. The molecule has 0 atom stereocenters. The van der Waals surface area contributed by atoms with Crippen molar-refractivity contribution >= 4 is 5.82 Å². The third kappa shape index (κ3) is 3.28. The first-order valence-corrected chi connectivity index (χ1v) is 6.50. The Morgan fingerprint density at radius 2 is 1.95 bits per heavy atom. The van der Waals surface area contributed by atoms with Crippen LogP contribution in [-0.2, 0) is 6.73 Å². The molecule has 2 N–H and O–H groups in total. The van der Waals surface area contributed by atoms with E-state index in [-0.39, 0.29) is 0 Å². The van der Waals surface area contributed by atoms with Gasteiger partial charge in [-0.3, -0.25) is 0 Å². The molecule has 0 bridgehead atoms. The van der Waals surface area contributed by atoms with Crippen molar-refractivity contribution in [3.8, 4) is 5.75 Å². The number of nitrogen functional groups attached to an aromatic ring is 1. The van der Waals surface area contributed by atoms with Gasteiger partial charge >= 0.3 is 0 Å². The van der Waals surface area contributed by atoms with Gasteiger partial charge in [0, 0.05) is 11.8 Å². The van der Waals surface area contributed by atoms with Gasteiger partial charge in [-0.25, -0.2) is 4.68 Å². The van der Waals surface area contributed by atoms with Gasteiger partial charge in [0.25, 0.3) is 0 Å². The molecule has 0 saturated carbocycles. The summed E-state index contributed by atoms with van der Waals surface area (Å²) in [4.78, 5) is 0. The molecule has 0 saturated heterocycles. The minimum absolute atomic E-state index is 0.379. The quantitative estimate of drug-likeness (QED) is 0.917. The molecule has 2 aromatic rings. The molecule has 0 amide bonds. The molecule has 4 heteroatoms. The molecule has 4 nitrogen and oxygen atoms in total. The molecule has 2 rings (SSSR count). The van der Waals surface area contributed by atoms with E-state index in [1.807, 2.05) is 19.1 Å². The average molecular weight is 259 g/mol. The Labute approximate surface area is 114 Å². The summed E-state index contributed by atoms with van der Waals surface area (Å²) in [6, 6.07) is 8.14. The first-order chi connectivity index (χ1) is 8.95. The summed E-state index contributed by atoms with van der Waals surface area (Å²) in [7, 11) is 0. The lowest BCUT2D eigenvalue weighted by Crippen LogP contribution is -2.09. The van der Waals surface area contributed by atoms with Crippen LogP contribution in [0.4, 0.5) is 5.82 Å². The third-order valence-corrected chi connectivity index (χ3v) is 3.09. The SMILES string of the molecule is Cc1cc(OCn2nc(N)cc2C)cc(C(C)C)c1. The summed E-state index contributed by atoms with van der Waals surface area (Å²) in [5.74, 6) is 1.88. The van der Waals surface area contributed by atoms with Gasteiger partial charge in [-0.15, -0.1) is 0 Å². The van der Waals surface area contributed by atoms with Crippen LogP contribution in [-0.4, -0.2) is 9.78 Å². The Morgan fingerprint density at radius 1 is 1.21 bits per heavy atom. The maximum absolute atomic E-state index is 5.80. The zero-order valence-electron chi connectivity index (χ0n) is 12.0. The number of nitrogens with zero attached hydrogens (tertiary/aromatic N) is 2. The minimum Gasteiger partial charge on any atom is -0.471 e. The van der Waals surface area contributed by atoms with Gasteiger partial charge < -0.3 is 10.5 Å². The third-order valence-electron chi connectivity index (χ3n) is 3.09. The lowest BCUT2D eigenvalue weighted by molar-refractivity contribution is 0.218. The van der Waals surface area contributed by atoms with Crippen LogP contribution >= 0.6 is 0 Å². The number of ether oxygens (including phenoxy) is 1.